The molecule has 0 aromatic carbocycles. The van der Waals surface area contributed by atoms with Gasteiger partial charge in [-0.05, 0) is 46.1 Å². The van der Waals surface area contributed by atoms with Crippen LogP contribution in [0.25, 0.3) is 10.2 Å². The average molecular weight is 491 g/mol. The number of aryl methyl sites for hydroxylation is 1. The van der Waals surface area contributed by atoms with Crippen molar-refractivity contribution in [2.24, 2.45) is 5.10 Å². The topological polar surface area (TPSA) is 104 Å². The van der Waals surface area contributed by atoms with Gasteiger partial charge in [-0.25, -0.2) is 15.0 Å². The molecule has 1 saturated heterocycles. The third-order valence-electron chi connectivity index (χ3n) is 4.82. The van der Waals surface area contributed by atoms with Gasteiger partial charge >= 0.3 is 18.0 Å². The predicted octanol–water partition coefficient (Wildman–Crippen LogP) is 3.13. The zero-order valence-corrected chi connectivity index (χ0v) is 19.4. The van der Waals surface area contributed by atoms with Gasteiger partial charge in [-0.3, -0.25) is 13.9 Å². The third-order valence-corrected chi connectivity index (χ3v) is 6.06. The number of hydrogen-bond acceptors (Lipinski definition) is 7. The maximum Gasteiger partial charge on any atom is 0.428 e. The quantitative estimate of drug-likeness (QED) is 0.512. The Bertz CT molecular complexity index is 1180. The molecule has 1 unspecified atom stereocenters. The Labute approximate surface area is 190 Å². The van der Waals surface area contributed by atoms with Crippen molar-refractivity contribution in [3.05, 3.63) is 31.3 Å². The summed E-state index contributed by atoms with van der Waals surface area (Å²) in [4.78, 5) is 38.2. The number of halogens is 3. The van der Waals surface area contributed by atoms with Gasteiger partial charge in [0.05, 0.1) is 29.1 Å². The molecule has 0 saturated carbocycles. The van der Waals surface area contributed by atoms with Crippen molar-refractivity contribution in [2.75, 3.05) is 6.61 Å². The van der Waals surface area contributed by atoms with E-state index in [1.54, 1.807) is 27.7 Å². The van der Waals surface area contributed by atoms with E-state index in [0.29, 0.717) is 23.5 Å². The lowest BCUT2D eigenvalue weighted by atomic mass is 10.2. The summed E-state index contributed by atoms with van der Waals surface area (Å²) in [6.45, 7) is 5.45. The zero-order valence-electron chi connectivity index (χ0n) is 18.6. The van der Waals surface area contributed by atoms with Gasteiger partial charge < -0.3 is 9.47 Å². The Balaban J connectivity index is 2.06. The van der Waals surface area contributed by atoms with Crippen LogP contribution < -0.4 is 16.7 Å². The third kappa shape index (κ3) is 6.02. The van der Waals surface area contributed by atoms with Gasteiger partial charge in [-0.15, -0.1) is 11.3 Å². The second kappa shape index (κ2) is 9.29. The van der Waals surface area contributed by atoms with Gasteiger partial charge in [0.2, 0.25) is 0 Å². The monoisotopic (exact) mass is 490 g/mol. The number of hydrazone groups is 1. The van der Waals surface area contributed by atoms with Crippen molar-refractivity contribution in [3.8, 4) is 0 Å². The molecule has 0 aliphatic carbocycles. The molecule has 0 spiro atoms. The number of ether oxygens (including phenoxy) is 2. The Morgan fingerprint density at radius 1 is 1.30 bits per heavy atom. The highest BCUT2D eigenvalue weighted by Crippen LogP contribution is 2.28. The summed E-state index contributed by atoms with van der Waals surface area (Å²) in [5.41, 5.74) is -0.246. The van der Waals surface area contributed by atoms with E-state index in [9.17, 15) is 27.6 Å². The molecule has 1 aliphatic rings. The van der Waals surface area contributed by atoms with Crippen molar-refractivity contribution in [1.29, 1.82) is 0 Å². The maximum atomic E-state index is 13.1. The Morgan fingerprint density at radius 3 is 2.58 bits per heavy atom. The van der Waals surface area contributed by atoms with E-state index in [-0.39, 0.29) is 27.4 Å². The summed E-state index contributed by atoms with van der Waals surface area (Å²) < 4.78 is 51.3. The molecular weight excluding hydrogens is 465 g/mol. The zero-order chi connectivity index (χ0) is 24.6. The van der Waals surface area contributed by atoms with E-state index in [0.717, 1.165) is 22.3 Å². The number of nitrogens with zero attached hydrogens (tertiary/aromatic N) is 3. The number of carbonyl (C=O) groups is 1. The van der Waals surface area contributed by atoms with Gasteiger partial charge in [-0.1, -0.05) is 0 Å². The number of thiophene rings is 1. The molecule has 1 atom stereocenters. The second-order valence-corrected chi connectivity index (χ2v) is 9.71. The molecule has 9 nitrogen and oxygen atoms in total. The summed E-state index contributed by atoms with van der Waals surface area (Å²) in [5.74, 6) is 0. The molecule has 0 bridgehead atoms. The normalized spacial score (nSPS) is 17.2. The molecule has 1 aliphatic heterocycles. The minimum Gasteiger partial charge on any atom is -0.443 e. The molecule has 13 heteroatoms. The van der Waals surface area contributed by atoms with Crippen LogP contribution in [0, 0.1) is 6.92 Å². The summed E-state index contributed by atoms with van der Waals surface area (Å²) >= 11 is 1.03. The van der Waals surface area contributed by atoms with E-state index in [2.05, 4.69) is 10.5 Å². The molecule has 182 valence electrons. The predicted molar refractivity (Wildman–Crippen MR) is 117 cm³/mol. The number of hydrogen-bond donors (Lipinski definition) is 1. The maximum absolute atomic E-state index is 13.1. The molecule has 2 aromatic rings. The molecule has 33 heavy (non-hydrogen) atoms. The fourth-order valence-corrected chi connectivity index (χ4v) is 4.63. The Hall–Kier alpha value is -2.67. The van der Waals surface area contributed by atoms with E-state index in [1.165, 1.54) is 6.21 Å². The number of rotatable bonds is 5. The molecule has 3 rings (SSSR count). The van der Waals surface area contributed by atoms with Crippen molar-refractivity contribution in [1.82, 2.24) is 14.6 Å². The van der Waals surface area contributed by atoms with E-state index in [4.69, 9.17) is 9.47 Å². The molecule has 3 heterocycles. The summed E-state index contributed by atoms with van der Waals surface area (Å²) in [6.07, 6.45) is -3.17. The SMILES string of the molecule is Cc1c(/C=N/NC(=O)OC(C)(C)C)sc2c1c(=O)n(CC(F)(F)F)c(=O)n2CC1CCCO1. The van der Waals surface area contributed by atoms with Crippen molar-refractivity contribution in [2.45, 2.75) is 71.5 Å². The van der Waals surface area contributed by atoms with Gasteiger partial charge in [0.1, 0.15) is 17.0 Å². The van der Waals surface area contributed by atoms with Crippen molar-refractivity contribution >= 4 is 33.9 Å². The highest BCUT2D eigenvalue weighted by molar-refractivity contribution is 7.20. The lowest BCUT2D eigenvalue weighted by molar-refractivity contribution is -0.142. The van der Waals surface area contributed by atoms with E-state index in [1.807, 2.05) is 0 Å². The minimum atomic E-state index is -4.75. The lowest BCUT2D eigenvalue weighted by Crippen LogP contribution is -2.44. The number of amides is 1. The average Bonchev–Trinajstić information content (AvgIpc) is 3.28. The van der Waals surface area contributed by atoms with Crippen LogP contribution in [0.15, 0.2) is 14.7 Å². The molecule has 1 fully saturated rings. The fraction of sp³-hybridized carbons (Fsp3) is 0.600. The molecule has 1 amide bonds. The first-order valence-electron chi connectivity index (χ1n) is 10.2. The van der Waals surface area contributed by atoms with Crippen LogP contribution in [0.4, 0.5) is 18.0 Å². The van der Waals surface area contributed by atoms with Crippen LogP contribution in [0.1, 0.15) is 44.1 Å². The first kappa shape index (κ1) is 25.0. The van der Waals surface area contributed by atoms with Gasteiger partial charge in [0.25, 0.3) is 5.56 Å². The number of alkyl halides is 3. The highest BCUT2D eigenvalue weighted by Gasteiger charge is 2.32. The van der Waals surface area contributed by atoms with Gasteiger partial charge in [0, 0.05) is 6.61 Å². The fourth-order valence-electron chi connectivity index (χ4n) is 3.45. The molecule has 1 N–H and O–H groups in total. The summed E-state index contributed by atoms with van der Waals surface area (Å²) in [7, 11) is 0. The number of fused-ring (bicyclic) bond motifs is 1. The van der Waals surface area contributed by atoms with Crippen LogP contribution in [-0.4, -0.2) is 45.9 Å². The second-order valence-electron chi connectivity index (χ2n) is 8.68. The number of aromatic nitrogens is 2. The largest absolute Gasteiger partial charge is 0.443 e. The first-order valence-corrected chi connectivity index (χ1v) is 11.1. The van der Waals surface area contributed by atoms with E-state index < -0.39 is 35.7 Å². The van der Waals surface area contributed by atoms with Crippen LogP contribution in [-0.2, 0) is 22.6 Å². The highest BCUT2D eigenvalue weighted by atomic mass is 32.1. The van der Waals surface area contributed by atoms with Crippen molar-refractivity contribution < 1.29 is 27.4 Å². The lowest BCUT2D eigenvalue weighted by Gasteiger charge is -2.18. The Morgan fingerprint density at radius 2 is 2.00 bits per heavy atom. The van der Waals surface area contributed by atoms with Crippen LogP contribution in [0.5, 0.6) is 0 Å². The molecule has 2 aromatic heterocycles. The van der Waals surface area contributed by atoms with Gasteiger partial charge in [0.15, 0.2) is 0 Å². The van der Waals surface area contributed by atoms with Crippen LogP contribution in [0.2, 0.25) is 0 Å². The Kier molecular flexibility index (Phi) is 7.03. The van der Waals surface area contributed by atoms with Crippen LogP contribution >= 0.6 is 11.3 Å². The summed E-state index contributed by atoms with van der Waals surface area (Å²) in [5, 5.41) is 3.81. The number of carbonyl (C=O) groups excluding carboxylic acids is 1. The first-order chi connectivity index (χ1) is 15.3. The molecule has 0 radical (unpaired) electrons. The summed E-state index contributed by atoms with van der Waals surface area (Å²) in [6, 6.07) is 0. The minimum absolute atomic E-state index is 0.000523. The van der Waals surface area contributed by atoms with Gasteiger partial charge in [-0.2, -0.15) is 18.3 Å². The smallest absolute Gasteiger partial charge is 0.428 e. The van der Waals surface area contributed by atoms with Crippen LogP contribution in [0.3, 0.4) is 0 Å². The standard InChI is InChI=1S/C20H25F3N4O5S/c1-11-13(8-24-25-17(29)32-19(2,3)4)33-16-14(11)15(28)27(10-20(21,22)23)18(30)26(16)9-12-6-5-7-31-12/h8,12H,5-7,9-10H2,1-4H3,(H,25,29)/b24-8+. The van der Waals surface area contributed by atoms with E-state index >= 15 is 0 Å². The number of nitrogens with one attached hydrogen (secondary N) is 1. The molecular formula is C20H25F3N4O5S. The van der Waals surface area contributed by atoms with Crippen molar-refractivity contribution in [3.63, 3.8) is 0 Å².